The zero-order valence-electron chi connectivity index (χ0n) is 9.45. The van der Waals surface area contributed by atoms with Crippen molar-refractivity contribution in [2.45, 2.75) is 31.7 Å². The lowest BCUT2D eigenvalue weighted by Gasteiger charge is -2.42. The minimum atomic E-state index is 0.353. The number of hydrogen-bond acceptors (Lipinski definition) is 2. The van der Waals surface area contributed by atoms with Crippen molar-refractivity contribution in [1.29, 1.82) is 0 Å². The SMILES string of the molecule is O=C(CC1CC2CC[NH+]1CC2)c1ccsc1. The lowest BCUT2D eigenvalue weighted by molar-refractivity contribution is -0.941. The summed E-state index contributed by atoms with van der Waals surface area (Å²) in [4.78, 5) is 13.7. The summed E-state index contributed by atoms with van der Waals surface area (Å²) < 4.78 is 0. The molecule has 1 unspecified atom stereocenters. The molecule has 0 radical (unpaired) electrons. The van der Waals surface area contributed by atoms with E-state index in [9.17, 15) is 4.79 Å². The molecule has 4 heterocycles. The molecule has 0 amide bonds. The topological polar surface area (TPSA) is 21.5 Å². The summed E-state index contributed by atoms with van der Waals surface area (Å²) in [6.45, 7) is 2.60. The van der Waals surface area contributed by atoms with Gasteiger partial charge in [0.15, 0.2) is 5.78 Å². The summed E-state index contributed by atoms with van der Waals surface area (Å²) in [5.41, 5.74) is 0.923. The number of carbonyl (C=O) groups excluding carboxylic acids is 1. The van der Waals surface area contributed by atoms with Crippen molar-refractivity contribution < 1.29 is 9.69 Å². The van der Waals surface area contributed by atoms with E-state index in [0.717, 1.165) is 17.9 Å². The number of fused-ring (bicyclic) bond motifs is 3. The molecule has 0 aromatic carbocycles. The summed E-state index contributed by atoms with van der Waals surface area (Å²) >= 11 is 1.62. The number of rotatable bonds is 3. The van der Waals surface area contributed by atoms with Gasteiger partial charge < -0.3 is 4.90 Å². The van der Waals surface area contributed by atoms with Crippen LogP contribution in [0.4, 0.5) is 0 Å². The monoisotopic (exact) mass is 236 g/mol. The van der Waals surface area contributed by atoms with Gasteiger partial charge in [0.1, 0.15) is 0 Å². The first-order chi connectivity index (χ1) is 7.83. The number of quaternary nitrogens is 1. The molecule has 3 heteroatoms. The minimum Gasteiger partial charge on any atom is -0.332 e. The molecule has 3 saturated heterocycles. The van der Waals surface area contributed by atoms with Crippen LogP contribution in [0, 0.1) is 5.92 Å². The Bertz CT molecular complexity index is 365. The van der Waals surface area contributed by atoms with E-state index < -0.39 is 0 Å². The maximum Gasteiger partial charge on any atom is 0.169 e. The highest BCUT2D eigenvalue weighted by molar-refractivity contribution is 7.08. The minimum absolute atomic E-state index is 0.353. The molecular weight excluding hydrogens is 218 g/mol. The molecule has 16 heavy (non-hydrogen) atoms. The first-order valence-electron chi connectivity index (χ1n) is 6.23. The van der Waals surface area contributed by atoms with Crippen molar-refractivity contribution in [1.82, 2.24) is 0 Å². The van der Waals surface area contributed by atoms with Crippen LogP contribution in [0.5, 0.6) is 0 Å². The van der Waals surface area contributed by atoms with Crippen LogP contribution in [0.1, 0.15) is 36.0 Å². The predicted octanol–water partition coefficient (Wildman–Crippen LogP) is 1.39. The number of hydrogen-bond donors (Lipinski definition) is 1. The molecule has 1 atom stereocenters. The third-order valence-electron chi connectivity index (χ3n) is 4.22. The van der Waals surface area contributed by atoms with Crippen LogP contribution >= 0.6 is 11.3 Å². The molecule has 1 N–H and O–H groups in total. The van der Waals surface area contributed by atoms with Crippen LogP contribution in [-0.4, -0.2) is 24.9 Å². The van der Waals surface area contributed by atoms with E-state index in [1.807, 2.05) is 16.8 Å². The largest absolute Gasteiger partial charge is 0.332 e. The van der Waals surface area contributed by atoms with E-state index in [1.165, 1.54) is 32.4 Å². The Morgan fingerprint density at radius 2 is 2.25 bits per heavy atom. The Kier molecular flexibility index (Phi) is 2.82. The molecule has 0 saturated carbocycles. The van der Waals surface area contributed by atoms with Gasteiger partial charge in [0.25, 0.3) is 0 Å². The van der Waals surface area contributed by atoms with Gasteiger partial charge in [0.2, 0.25) is 0 Å². The quantitative estimate of drug-likeness (QED) is 0.787. The summed E-state index contributed by atoms with van der Waals surface area (Å²) in [7, 11) is 0. The average Bonchev–Trinajstić information content (AvgIpc) is 2.84. The van der Waals surface area contributed by atoms with Crippen LogP contribution in [0.2, 0.25) is 0 Å². The Balaban J connectivity index is 1.65. The summed E-state index contributed by atoms with van der Waals surface area (Å²) in [6.07, 6.45) is 4.82. The molecule has 3 aliphatic rings. The highest BCUT2D eigenvalue weighted by Gasteiger charge is 2.38. The van der Waals surface area contributed by atoms with Crippen molar-refractivity contribution >= 4 is 17.1 Å². The first-order valence-corrected chi connectivity index (χ1v) is 7.17. The second kappa shape index (κ2) is 4.30. The van der Waals surface area contributed by atoms with Crippen LogP contribution in [0.25, 0.3) is 0 Å². The fraction of sp³-hybridized carbons (Fsp3) is 0.615. The number of nitrogens with one attached hydrogen (secondary N) is 1. The third-order valence-corrected chi connectivity index (χ3v) is 4.90. The first kappa shape index (κ1) is 10.5. The van der Waals surface area contributed by atoms with Crippen molar-refractivity contribution in [3.63, 3.8) is 0 Å². The van der Waals surface area contributed by atoms with Gasteiger partial charge in [-0.15, -0.1) is 0 Å². The molecule has 0 spiro atoms. The Morgan fingerprint density at radius 1 is 1.44 bits per heavy atom. The van der Waals surface area contributed by atoms with E-state index in [0.29, 0.717) is 11.8 Å². The van der Waals surface area contributed by atoms with Crippen LogP contribution in [0.15, 0.2) is 16.8 Å². The van der Waals surface area contributed by atoms with E-state index in [2.05, 4.69) is 0 Å². The maximum atomic E-state index is 12.0. The zero-order chi connectivity index (χ0) is 11.0. The van der Waals surface area contributed by atoms with Crippen LogP contribution < -0.4 is 4.90 Å². The normalized spacial score (nSPS) is 32.9. The number of carbonyl (C=O) groups is 1. The van der Waals surface area contributed by atoms with E-state index >= 15 is 0 Å². The highest BCUT2D eigenvalue weighted by atomic mass is 32.1. The number of piperidine rings is 3. The molecule has 1 aromatic heterocycles. The lowest BCUT2D eigenvalue weighted by atomic mass is 9.81. The standard InChI is InChI=1S/C13H17NOS/c15-13(11-3-6-16-9-11)8-12-7-10-1-4-14(12)5-2-10/h3,6,9-10,12H,1-2,4-5,7-8H2/p+1. The van der Waals surface area contributed by atoms with E-state index in [1.54, 1.807) is 16.2 Å². The fourth-order valence-corrected chi connectivity index (χ4v) is 3.91. The average molecular weight is 236 g/mol. The Labute approximate surface area is 100 Å². The van der Waals surface area contributed by atoms with Crippen molar-refractivity contribution in [3.8, 4) is 0 Å². The molecule has 2 nitrogen and oxygen atoms in total. The maximum absolute atomic E-state index is 12.0. The summed E-state index contributed by atoms with van der Waals surface area (Å²) in [5, 5.41) is 3.97. The molecule has 86 valence electrons. The highest BCUT2D eigenvalue weighted by Crippen LogP contribution is 2.23. The van der Waals surface area contributed by atoms with Gasteiger partial charge in [-0.2, -0.15) is 11.3 Å². The second-order valence-electron chi connectivity index (χ2n) is 5.17. The molecule has 2 bridgehead atoms. The van der Waals surface area contributed by atoms with E-state index in [-0.39, 0.29) is 0 Å². The van der Waals surface area contributed by atoms with Gasteiger partial charge in [-0.3, -0.25) is 4.79 Å². The van der Waals surface area contributed by atoms with Crippen molar-refractivity contribution in [3.05, 3.63) is 22.4 Å². The zero-order valence-corrected chi connectivity index (χ0v) is 10.3. The smallest absolute Gasteiger partial charge is 0.169 e. The van der Waals surface area contributed by atoms with Gasteiger partial charge in [-0.25, -0.2) is 0 Å². The molecule has 1 aromatic rings. The third kappa shape index (κ3) is 1.94. The van der Waals surface area contributed by atoms with Gasteiger partial charge >= 0.3 is 0 Å². The Hall–Kier alpha value is -0.670. The predicted molar refractivity (Wildman–Crippen MR) is 65.1 cm³/mol. The van der Waals surface area contributed by atoms with E-state index in [4.69, 9.17) is 0 Å². The number of thiophene rings is 1. The van der Waals surface area contributed by atoms with Gasteiger partial charge in [0, 0.05) is 17.4 Å². The molecule has 0 aliphatic carbocycles. The van der Waals surface area contributed by atoms with Gasteiger partial charge in [-0.1, -0.05) is 0 Å². The molecule has 4 rings (SSSR count). The Morgan fingerprint density at radius 3 is 2.81 bits per heavy atom. The molecule has 3 fully saturated rings. The van der Waals surface area contributed by atoms with Gasteiger partial charge in [0.05, 0.1) is 25.6 Å². The van der Waals surface area contributed by atoms with Crippen LogP contribution in [0.3, 0.4) is 0 Å². The van der Waals surface area contributed by atoms with Gasteiger partial charge in [-0.05, 0) is 30.2 Å². The molecule has 3 aliphatic heterocycles. The lowest BCUT2D eigenvalue weighted by Crippen LogP contribution is -3.18. The van der Waals surface area contributed by atoms with Crippen molar-refractivity contribution in [2.75, 3.05) is 13.1 Å². The van der Waals surface area contributed by atoms with Crippen LogP contribution in [-0.2, 0) is 0 Å². The summed E-state index contributed by atoms with van der Waals surface area (Å²) in [5.74, 6) is 1.27. The fourth-order valence-electron chi connectivity index (χ4n) is 3.25. The number of ketones is 1. The van der Waals surface area contributed by atoms with Crippen molar-refractivity contribution in [2.24, 2.45) is 5.92 Å². The number of Topliss-reactive ketones (excluding diaryl/α,β-unsaturated/α-hetero) is 1. The second-order valence-corrected chi connectivity index (χ2v) is 5.95. The summed E-state index contributed by atoms with van der Waals surface area (Å²) in [6, 6.07) is 2.57. The molecular formula is C13H18NOS+.